The van der Waals surface area contributed by atoms with Gasteiger partial charge >= 0.3 is 5.97 Å². The summed E-state index contributed by atoms with van der Waals surface area (Å²) in [4.78, 5) is 36.5. The van der Waals surface area contributed by atoms with E-state index in [1.165, 1.54) is 13.3 Å². The summed E-state index contributed by atoms with van der Waals surface area (Å²) < 4.78 is 11.5. The second-order valence-corrected chi connectivity index (χ2v) is 8.36. The quantitative estimate of drug-likeness (QED) is 0.135. The van der Waals surface area contributed by atoms with Crippen molar-refractivity contribution in [1.29, 1.82) is 0 Å². The molecule has 2 amide bonds. The number of carbonyl (C=O) groups is 3. The Morgan fingerprint density at radius 1 is 1.03 bits per heavy atom. The van der Waals surface area contributed by atoms with Gasteiger partial charge in [0.2, 0.25) is 0 Å². The zero-order valence-corrected chi connectivity index (χ0v) is 20.8. The molecule has 0 bridgehead atoms. The summed E-state index contributed by atoms with van der Waals surface area (Å²) in [6.07, 6.45) is 1.40. The van der Waals surface area contributed by atoms with Crippen LogP contribution in [-0.2, 0) is 4.79 Å². The average Bonchev–Trinajstić information content (AvgIpc) is 2.84. The van der Waals surface area contributed by atoms with Crippen molar-refractivity contribution in [3.05, 3.63) is 92.0 Å². The Morgan fingerprint density at radius 2 is 1.76 bits per heavy atom. The van der Waals surface area contributed by atoms with E-state index in [-0.39, 0.29) is 18.2 Å². The molecule has 0 saturated carbocycles. The van der Waals surface area contributed by atoms with Crippen LogP contribution in [-0.4, -0.2) is 37.7 Å². The zero-order valence-electron chi connectivity index (χ0n) is 17.9. The molecule has 0 aliphatic carbocycles. The van der Waals surface area contributed by atoms with Gasteiger partial charge in [0.1, 0.15) is 0 Å². The summed E-state index contributed by atoms with van der Waals surface area (Å²) in [7, 11) is 1.44. The third-order valence-corrected chi connectivity index (χ3v) is 5.59. The number of hydrogen-bond acceptors (Lipinski definition) is 6. The minimum atomic E-state index is -0.559. The molecular weight excluding hydrogens is 573 g/mol. The van der Waals surface area contributed by atoms with Crippen LogP contribution in [0.25, 0.3) is 0 Å². The summed E-state index contributed by atoms with van der Waals surface area (Å²) in [5.41, 5.74) is 3.76. The Kier molecular flexibility index (Phi) is 9.00. The number of nitrogens with one attached hydrogen (secondary N) is 2. The van der Waals surface area contributed by atoms with E-state index in [0.717, 1.165) is 3.57 Å². The Bertz CT molecular complexity index is 1230. The van der Waals surface area contributed by atoms with E-state index in [0.29, 0.717) is 27.5 Å². The lowest BCUT2D eigenvalue weighted by molar-refractivity contribution is -0.120. The molecule has 8 nitrogen and oxygen atoms in total. The third kappa shape index (κ3) is 7.03. The van der Waals surface area contributed by atoms with Crippen molar-refractivity contribution in [2.24, 2.45) is 5.10 Å². The predicted molar refractivity (Wildman–Crippen MR) is 137 cm³/mol. The minimum absolute atomic E-state index is 0.224. The first-order valence-corrected chi connectivity index (χ1v) is 11.3. The van der Waals surface area contributed by atoms with Crippen molar-refractivity contribution in [1.82, 2.24) is 10.7 Å². The van der Waals surface area contributed by atoms with Crippen LogP contribution in [0.1, 0.15) is 26.3 Å². The molecule has 3 aromatic carbocycles. The van der Waals surface area contributed by atoms with Gasteiger partial charge in [-0.3, -0.25) is 9.59 Å². The van der Waals surface area contributed by atoms with Gasteiger partial charge in [-0.15, -0.1) is 0 Å². The van der Waals surface area contributed by atoms with Crippen LogP contribution >= 0.6 is 34.2 Å². The summed E-state index contributed by atoms with van der Waals surface area (Å²) in [5, 5.41) is 6.93. The standard InChI is InChI=1S/C24H19ClIN3O5/c1-33-21-12-15(6-11-20(21)34-24(32)16-7-9-17(25)10-8-16)13-28-29-22(30)14-27-23(31)18-4-2-3-5-19(18)26/h2-13H,14H2,1H3,(H,27,31)(H,29,30)/b28-13+. The third-order valence-electron chi connectivity index (χ3n) is 4.40. The van der Waals surface area contributed by atoms with Crippen LogP contribution in [0.4, 0.5) is 0 Å². The van der Waals surface area contributed by atoms with E-state index in [1.54, 1.807) is 60.7 Å². The smallest absolute Gasteiger partial charge is 0.343 e. The first-order chi connectivity index (χ1) is 16.4. The molecule has 0 aliphatic heterocycles. The number of nitrogens with zero attached hydrogens (tertiary/aromatic N) is 1. The molecule has 34 heavy (non-hydrogen) atoms. The first-order valence-electron chi connectivity index (χ1n) is 9.88. The van der Waals surface area contributed by atoms with Crippen LogP contribution in [0.2, 0.25) is 5.02 Å². The maximum atomic E-state index is 12.3. The SMILES string of the molecule is COc1cc(/C=N/NC(=O)CNC(=O)c2ccccc2I)ccc1OC(=O)c1ccc(Cl)cc1. The number of rotatable bonds is 8. The second-order valence-electron chi connectivity index (χ2n) is 6.76. The van der Waals surface area contributed by atoms with E-state index in [2.05, 4.69) is 38.4 Å². The number of amides is 2. The van der Waals surface area contributed by atoms with Gasteiger partial charge in [0, 0.05) is 8.59 Å². The summed E-state index contributed by atoms with van der Waals surface area (Å²) in [6, 6.07) is 18.2. The van der Waals surface area contributed by atoms with Gasteiger partial charge in [0.15, 0.2) is 11.5 Å². The molecular formula is C24H19ClIN3O5. The fraction of sp³-hybridized carbons (Fsp3) is 0.0833. The molecule has 3 rings (SSSR count). The molecule has 3 aromatic rings. The number of carbonyl (C=O) groups excluding carboxylic acids is 3. The predicted octanol–water partition coefficient (Wildman–Crippen LogP) is 4.05. The molecule has 0 atom stereocenters. The molecule has 0 aromatic heterocycles. The summed E-state index contributed by atoms with van der Waals surface area (Å²) in [6.45, 7) is -0.232. The average molecular weight is 592 g/mol. The topological polar surface area (TPSA) is 106 Å². The van der Waals surface area contributed by atoms with Crippen LogP contribution in [0.15, 0.2) is 71.8 Å². The first kappa shape index (κ1) is 25.2. The molecule has 174 valence electrons. The van der Waals surface area contributed by atoms with E-state index in [4.69, 9.17) is 21.1 Å². The lowest BCUT2D eigenvalue weighted by Gasteiger charge is -2.10. The number of esters is 1. The van der Waals surface area contributed by atoms with Crippen molar-refractivity contribution < 1.29 is 23.9 Å². The number of ether oxygens (including phenoxy) is 2. The van der Waals surface area contributed by atoms with Gasteiger partial charge in [-0.05, 0) is 82.8 Å². The summed E-state index contributed by atoms with van der Waals surface area (Å²) in [5.74, 6) is -0.867. The second kappa shape index (κ2) is 12.1. The highest BCUT2D eigenvalue weighted by Crippen LogP contribution is 2.28. The maximum Gasteiger partial charge on any atom is 0.343 e. The monoisotopic (exact) mass is 591 g/mol. The largest absolute Gasteiger partial charge is 0.493 e. The van der Waals surface area contributed by atoms with Gasteiger partial charge < -0.3 is 14.8 Å². The Balaban J connectivity index is 1.54. The van der Waals surface area contributed by atoms with Gasteiger partial charge in [0.25, 0.3) is 11.8 Å². The fourth-order valence-corrected chi connectivity index (χ4v) is 3.47. The molecule has 0 radical (unpaired) electrons. The number of halogens is 2. The molecule has 0 spiro atoms. The highest BCUT2D eigenvalue weighted by Gasteiger charge is 2.13. The van der Waals surface area contributed by atoms with Crippen molar-refractivity contribution in [2.75, 3.05) is 13.7 Å². The molecule has 10 heteroatoms. The van der Waals surface area contributed by atoms with Crippen molar-refractivity contribution >= 4 is 58.2 Å². The fourth-order valence-electron chi connectivity index (χ4n) is 2.71. The lowest BCUT2D eigenvalue weighted by Crippen LogP contribution is -2.35. The van der Waals surface area contributed by atoms with Crippen LogP contribution in [0, 0.1) is 3.57 Å². The van der Waals surface area contributed by atoms with Gasteiger partial charge in [-0.1, -0.05) is 23.7 Å². The molecule has 0 fully saturated rings. The zero-order chi connectivity index (χ0) is 24.5. The van der Waals surface area contributed by atoms with E-state index in [1.807, 2.05) is 6.07 Å². The number of benzene rings is 3. The molecule has 0 saturated heterocycles. The molecule has 0 heterocycles. The number of hydrogen-bond donors (Lipinski definition) is 2. The van der Waals surface area contributed by atoms with Gasteiger partial charge in [-0.25, -0.2) is 10.2 Å². The molecule has 0 unspecified atom stereocenters. The van der Waals surface area contributed by atoms with Crippen molar-refractivity contribution in [3.8, 4) is 11.5 Å². The van der Waals surface area contributed by atoms with Crippen LogP contribution in [0.3, 0.4) is 0 Å². The van der Waals surface area contributed by atoms with Gasteiger partial charge in [-0.2, -0.15) is 5.10 Å². The number of hydrazone groups is 1. The highest BCUT2D eigenvalue weighted by atomic mass is 127. The highest BCUT2D eigenvalue weighted by molar-refractivity contribution is 14.1. The lowest BCUT2D eigenvalue weighted by atomic mass is 10.2. The van der Waals surface area contributed by atoms with Crippen molar-refractivity contribution in [2.45, 2.75) is 0 Å². The Labute approximate surface area is 214 Å². The number of methoxy groups -OCH3 is 1. The van der Waals surface area contributed by atoms with Crippen LogP contribution in [0.5, 0.6) is 11.5 Å². The normalized spacial score (nSPS) is 10.6. The van der Waals surface area contributed by atoms with E-state index in [9.17, 15) is 14.4 Å². The molecule has 0 aliphatic rings. The Morgan fingerprint density at radius 3 is 2.47 bits per heavy atom. The maximum absolute atomic E-state index is 12.3. The van der Waals surface area contributed by atoms with E-state index >= 15 is 0 Å². The van der Waals surface area contributed by atoms with Gasteiger partial charge in [0.05, 0.1) is 31.0 Å². The molecule has 2 N–H and O–H groups in total. The van der Waals surface area contributed by atoms with E-state index < -0.39 is 11.9 Å². The van der Waals surface area contributed by atoms with Crippen LogP contribution < -0.4 is 20.2 Å². The summed E-state index contributed by atoms with van der Waals surface area (Å²) >= 11 is 7.89. The Hall–Kier alpha value is -3.44. The van der Waals surface area contributed by atoms with Crippen molar-refractivity contribution in [3.63, 3.8) is 0 Å². The minimum Gasteiger partial charge on any atom is -0.493 e.